The third-order valence-corrected chi connectivity index (χ3v) is 6.78. The smallest absolute Gasteiger partial charge is 0.339 e. The third-order valence-electron chi connectivity index (χ3n) is 6.78. The van der Waals surface area contributed by atoms with Crippen molar-refractivity contribution in [1.29, 1.82) is 0 Å². The summed E-state index contributed by atoms with van der Waals surface area (Å²) in [6, 6.07) is 1.78. The van der Waals surface area contributed by atoms with Gasteiger partial charge in [-0.1, -0.05) is 41.0 Å². The van der Waals surface area contributed by atoms with Gasteiger partial charge in [0.25, 0.3) is 0 Å². The van der Waals surface area contributed by atoms with Gasteiger partial charge >= 0.3 is 5.97 Å². The average Bonchev–Trinajstić information content (AvgIpc) is 2.44. The van der Waals surface area contributed by atoms with Crippen molar-refractivity contribution in [2.45, 2.75) is 78.1 Å². The van der Waals surface area contributed by atoms with Crippen LogP contribution in [0, 0.1) is 11.3 Å². The summed E-state index contributed by atoms with van der Waals surface area (Å²) in [4.78, 5) is 11.7. The van der Waals surface area contributed by atoms with Gasteiger partial charge in [0.1, 0.15) is 11.3 Å². The van der Waals surface area contributed by atoms with Gasteiger partial charge in [0.15, 0.2) is 0 Å². The van der Waals surface area contributed by atoms with Crippen LogP contribution in [0.15, 0.2) is 6.07 Å². The Balaban J connectivity index is 2.28. The van der Waals surface area contributed by atoms with E-state index in [4.69, 9.17) is 0 Å². The SMILES string of the molecule is CC(C)c1c(O)c(C(=O)O)cc2c1CC[C@H]1C(C)(C)CCC[C@]21C. The molecule has 0 spiro atoms. The molecule has 1 aromatic carbocycles. The van der Waals surface area contributed by atoms with E-state index < -0.39 is 5.97 Å². The third kappa shape index (κ3) is 2.35. The van der Waals surface area contributed by atoms with Crippen molar-refractivity contribution < 1.29 is 15.0 Å². The summed E-state index contributed by atoms with van der Waals surface area (Å²) in [5.74, 6) is -0.362. The van der Waals surface area contributed by atoms with E-state index in [0.717, 1.165) is 24.8 Å². The summed E-state index contributed by atoms with van der Waals surface area (Å²) in [6.45, 7) is 11.1. The molecule has 24 heavy (non-hydrogen) atoms. The number of fused-ring (bicyclic) bond motifs is 3. The zero-order valence-corrected chi connectivity index (χ0v) is 15.6. The quantitative estimate of drug-likeness (QED) is 0.779. The maximum absolute atomic E-state index is 11.7. The molecule has 3 nitrogen and oxygen atoms in total. The van der Waals surface area contributed by atoms with Gasteiger partial charge < -0.3 is 10.2 Å². The number of aromatic carboxylic acids is 1. The van der Waals surface area contributed by atoms with Gasteiger partial charge in [-0.2, -0.15) is 0 Å². The number of carboxylic acid groups (broad SMARTS) is 1. The molecule has 0 saturated heterocycles. The van der Waals surface area contributed by atoms with Crippen LogP contribution in [0.25, 0.3) is 0 Å². The minimum atomic E-state index is -1.03. The Morgan fingerprint density at radius 2 is 1.92 bits per heavy atom. The first-order chi connectivity index (χ1) is 11.1. The lowest BCUT2D eigenvalue weighted by Crippen LogP contribution is -2.48. The van der Waals surface area contributed by atoms with Crippen molar-refractivity contribution in [3.05, 3.63) is 28.3 Å². The van der Waals surface area contributed by atoms with Crippen molar-refractivity contribution in [3.8, 4) is 5.75 Å². The number of phenols is 1. The molecule has 0 amide bonds. The predicted molar refractivity (Wildman–Crippen MR) is 96.0 cm³/mol. The average molecular weight is 330 g/mol. The van der Waals surface area contributed by atoms with Crippen LogP contribution >= 0.6 is 0 Å². The molecular weight excluding hydrogens is 300 g/mol. The molecular formula is C21H30O3. The second-order valence-corrected chi connectivity index (χ2v) is 9.02. The summed E-state index contributed by atoms with van der Waals surface area (Å²) in [7, 11) is 0. The Morgan fingerprint density at radius 3 is 2.50 bits per heavy atom. The monoisotopic (exact) mass is 330 g/mol. The molecule has 0 aromatic heterocycles. The lowest BCUT2D eigenvalue weighted by atomic mass is 9.50. The predicted octanol–water partition coefficient (Wildman–Crippen LogP) is 5.24. The van der Waals surface area contributed by atoms with Crippen molar-refractivity contribution in [2.24, 2.45) is 11.3 Å². The van der Waals surface area contributed by atoms with Crippen LogP contribution in [0.4, 0.5) is 0 Å². The van der Waals surface area contributed by atoms with Crippen LogP contribution in [-0.2, 0) is 11.8 Å². The molecule has 1 saturated carbocycles. The van der Waals surface area contributed by atoms with E-state index in [1.807, 2.05) is 13.8 Å². The number of hydrogen-bond donors (Lipinski definition) is 2. The largest absolute Gasteiger partial charge is 0.507 e. The van der Waals surface area contributed by atoms with Crippen molar-refractivity contribution in [2.75, 3.05) is 0 Å². The number of rotatable bonds is 2. The van der Waals surface area contributed by atoms with E-state index in [2.05, 4.69) is 20.8 Å². The van der Waals surface area contributed by atoms with Crippen LogP contribution in [-0.4, -0.2) is 16.2 Å². The lowest BCUT2D eigenvalue weighted by molar-refractivity contribution is 0.0403. The zero-order chi connectivity index (χ0) is 17.9. The molecule has 1 fully saturated rings. The number of benzene rings is 1. The molecule has 132 valence electrons. The lowest BCUT2D eigenvalue weighted by Gasteiger charge is -2.55. The van der Waals surface area contributed by atoms with E-state index >= 15 is 0 Å². The molecule has 0 heterocycles. The van der Waals surface area contributed by atoms with Crippen molar-refractivity contribution >= 4 is 5.97 Å². The molecule has 1 aromatic rings. The topological polar surface area (TPSA) is 57.5 Å². The highest BCUT2D eigenvalue weighted by atomic mass is 16.4. The van der Waals surface area contributed by atoms with E-state index in [0.29, 0.717) is 5.92 Å². The molecule has 2 aliphatic carbocycles. The van der Waals surface area contributed by atoms with Gasteiger partial charge in [0, 0.05) is 5.56 Å². The number of hydrogen-bond acceptors (Lipinski definition) is 2. The highest BCUT2D eigenvalue weighted by Crippen LogP contribution is 2.58. The van der Waals surface area contributed by atoms with Gasteiger partial charge in [-0.25, -0.2) is 4.79 Å². The highest BCUT2D eigenvalue weighted by molar-refractivity contribution is 5.92. The number of aromatic hydroxyl groups is 1. The Labute approximate surface area is 145 Å². The fraction of sp³-hybridized carbons (Fsp3) is 0.667. The molecule has 2 N–H and O–H groups in total. The molecule has 0 bridgehead atoms. The zero-order valence-electron chi connectivity index (χ0n) is 15.6. The molecule has 3 rings (SSSR count). The van der Waals surface area contributed by atoms with Crippen molar-refractivity contribution in [3.63, 3.8) is 0 Å². The normalized spacial score (nSPS) is 28.3. The first-order valence-electron chi connectivity index (χ1n) is 9.22. The maximum Gasteiger partial charge on any atom is 0.339 e. The molecule has 3 heteroatoms. The van der Waals surface area contributed by atoms with Crippen LogP contribution in [0.3, 0.4) is 0 Å². The second kappa shape index (κ2) is 5.50. The molecule has 0 radical (unpaired) electrons. The maximum atomic E-state index is 11.7. The summed E-state index contributed by atoms with van der Waals surface area (Å²) >= 11 is 0. The van der Waals surface area contributed by atoms with E-state index in [9.17, 15) is 15.0 Å². The minimum Gasteiger partial charge on any atom is -0.507 e. The summed E-state index contributed by atoms with van der Waals surface area (Å²) in [5, 5.41) is 20.2. The summed E-state index contributed by atoms with van der Waals surface area (Å²) in [5.41, 5.74) is 3.62. The molecule has 2 atom stereocenters. The van der Waals surface area contributed by atoms with Crippen LogP contribution in [0.5, 0.6) is 5.75 Å². The van der Waals surface area contributed by atoms with Gasteiger partial charge in [0.05, 0.1) is 0 Å². The van der Waals surface area contributed by atoms with E-state index in [1.165, 1.54) is 24.0 Å². The Morgan fingerprint density at radius 1 is 1.25 bits per heavy atom. The highest BCUT2D eigenvalue weighted by Gasteiger charge is 2.50. The van der Waals surface area contributed by atoms with Gasteiger partial charge in [-0.3, -0.25) is 0 Å². The van der Waals surface area contributed by atoms with Crippen LogP contribution < -0.4 is 0 Å². The second-order valence-electron chi connectivity index (χ2n) is 9.02. The Hall–Kier alpha value is -1.51. The molecule has 0 aliphatic heterocycles. The fourth-order valence-corrected chi connectivity index (χ4v) is 5.74. The minimum absolute atomic E-state index is 0.0108. The summed E-state index contributed by atoms with van der Waals surface area (Å²) in [6.07, 6.45) is 5.60. The first kappa shape index (κ1) is 17.3. The standard InChI is InChI=1S/C21H30O3/c1-12(2)17-13-7-8-16-20(3,4)9-6-10-21(16,5)15(13)11-14(18(17)22)19(23)24/h11-12,16,22H,6-10H2,1-5H3,(H,23,24)/t16-,21+/m0/s1. The van der Waals surface area contributed by atoms with Crippen molar-refractivity contribution in [1.82, 2.24) is 0 Å². The first-order valence-corrected chi connectivity index (χ1v) is 9.22. The van der Waals surface area contributed by atoms with Gasteiger partial charge in [-0.15, -0.1) is 0 Å². The summed E-state index contributed by atoms with van der Waals surface area (Å²) < 4.78 is 0. The Kier molecular flexibility index (Phi) is 3.97. The number of carboxylic acids is 1. The molecule has 0 unspecified atom stereocenters. The Bertz CT molecular complexity index is 687. The van der Waals surface area contributed by atoms with E-state index in [1.54, 1.807) is 6.07 Å². The molecule has 2 aliphatic rings. The van der Waals surface area contributed by atoms with E-state index in [-0.39, 0.29) is 28.1 Å². The number of carbonyl (C=O) groups is 1. The van der Waals surface area contributed by atoms with Gasteiger partial charge in [-0.05, 0) is 65.5 Å². The van der Waals surface area contributed by atoms with Gasteiger partial charge in [0.2, 0.25) is 0 Å². The fourth-order valence-electron chi connectivity index (χ4n) is 5.74. The van der Waals surface area contributed by atoms with Crippen LogP contribution in [0.2, 0.25) is 0 Å². The van der Waals surface area contributed by atoms with Crippen LogP contribution in [0.1, 0.15) is 93.3 Å².